The molecule has 4 aromatic rings. The van der Waals surface area contributed by atoms with Gasteiger partial charge in [-0.2, -0.15) is 0 Å². The number of alkyl carbamates (subject to hydrolysis) is 1. The predicted molar refractivity (Wildman–Crippen MR) is 165 cm³/mol. The highest BCUT2D eigenvalue weighted by atomic mass is 16.6. The van der Waals surface area contributed by atoms with Gasteiger partial charge >= 0.3 is 11.8 Å². The predicted octanol–water partition coefficient (Wildman–Crippen LogP) is 3.70. The number of primary amides is 1. The number of benzene rings is 2. The van der Waals surface area contributed by atoms with Crippen LogP contribution >= 0.6 is 0 Å². The van der Waals surface area contributed by atoms with Crippen LogP contribution in [0, 0.1) is 0 Å². The summed E-state index contributed by atoms with van der Waals surface area (Å²) in [6.07, 6.45) is 1.79. The third kappa shape index (κ3) is 8.00. The van der Waals surface area contributed by atoms with Crippen molar-refractivity contribution in [3.05, 3.63) is 70.3 Å². The van der Waals surface area contributed by atoms with E-state index in [4.69, 9.17) is 15.2 Å². The Morgan fingerprint density at radius 2 is 1.68 bits per heavy atom. The average Bonchev–Trinajstić information content (AvgIpc) is 3.31. The van der Waals surface area contributed by atoms with Crippen LogP contribution < -0.4 is 26.8 Å². The zero-order chi connectivity index (χ0) is 31.9. The normalized spacial score (nSPS) is 11.3. The monoisotopic (exact) mass is 603 g/mol. The lowest BCUT2D eigenvalue weighted by Crippen LogP contribution is -2.33. The quantitative estimate of drug-likeness (QED) is 0.177. The molecular formula is C31H37N7O6. The standard InChI is InChI=1S/C31H37N7O6/c1-5-43-22-14-12-19(13-15-22)26-35-23(25(32)39)24-27(37-26)38(29(41)36-24)21-11-9-10-20(18-21)28(40)33-16-7-6-8-17-34-30(42)44-31(2,3)4/h9-15,18H,5-8,16-17H2,1-4H3,(H2,32,39)(H,33,40)(H,34,42)(H,36,41). The van der Waals surface area contributed by atoms with Crippen molar-refractivity contribution in [1.29, 1.82) is 0 Å². The Morgan fingerprint density at radius 3 is 2.34 bits per heavy atom. The molecule has 0 saturated heterocycles. The zero-order valence-corrected chi connectivity index (χ0v) is 25.2. The van der Waals surface area contributed by atoms with Crippen LogP contribution in [0.15, 0.2) is 53.3 Å². The van der Waals surface area contributed by atoms with Gasteiger partial charge in [0.05, 0.1) is 12.3 Å². The topological polar surface area (TPSA) is 183 Å². The van der Waals surface area contributed by atoms with Gasteiger partial charge in [0, 0.05) is 24.2 Å². The first kappa shape index (κ1) is 31.7. The summed E-state index contributed by atoms with van der Waals surface area (Å²) in [4.78, 5) is 61.6. The Morgan fingerprint density at radius 1 is 0.977 bits per heavy atom. The van der Waals surface area contributed by atoms with Crippen LogP contribution in [-0.4, -0.2) is 62.7 Å². The Balaban J connectivity index is 1.47. The molecule has 0 atom stereocenters. The number of nitrogens with one attached hydrogen (secondary N) is 3. The van der Waals surface area contributed by atoms with E-state index < -0.39 is 23.3 Å². The van der Waals surface area contributed by atoms with Crippen molar-refractivity contribution in [2.24, 2.45) is 5.73 Å². The molecule has 13 heteroatoms. The first-order valence-corrected chi connectivity index (χ1v) is 14.4. The lowest BCUT2D eigenvalue weighted by atomic mass is 10.1. The van der Waals surface area contributed by atoms with E-state index in [1.165, 1.54) is 4.57 Å². The highest BCUT2D eigenvalue weighted by Crippen LogP contribution is 2.24. The Bertz CT molecular complexity index is 1700. The Hall–Kier alpha value is -5.20. The van der Waals surface area contributed by atoms with Crippen LogP contribution in [0.1, 0.15) is 67.8 Å². The number of hydrogen-bond acceptors (Lipinski definition) is 8. The number of rotatable bonds is 12. The zero-order valence-electron chi connectivity index (χ0n) is 25.2. The minimum atomic E-state index is -0.827. The van der Waals surface area contributed by atoms with E-state index in [0.717, 1.165) is 12.8 Å². The molecule has 5 N–H and O–H groups in total. The first-order valence-electron chi connectivity index (χ1n) is 14.4. The minimum absolute atomic E-state index is 0.0909. The van der Waals surface area contributed by atoms with E-state index in [1.54, 1.807) is 69.3 Å². The Labute approximate surface area is 254 Å². The SMILES string of the molecule is CCOc1ccc(-c2nc(C(N)=O)c3[nH]c(=O)n(-c4cccc(C(=O)NCCCCCNC(=O)OC(C)(C)C)c4)c3n2)cc1. The maximum atomic E-state index is 13.1. The molecule has 0 radical (unpaired) electrons. The Kier molecular flexibility index (Phi) is 9.99. The average molecular weight is 604 g/mol. The molecule has 44 heavy (non-hydrogen) atoms. The number of H-pyrrole nitrogens is 1. The summed E-state index contributed by atoms with van der Waals surface area (Å²) in [6, 6.07) is 13.5. The lowest BCUT2D eigenvalue weighted by molar-refractivity contribution is 0.0526. The van der Waals surface area contributed by atoms with E-state index in [1.807, 2.05) is 6.92 Å². The lowest BCUT2D eigenvalue weighted by Gasteiger charge is -2.19. The number of aromatic amines is 1. The summed E-state index contributed by atoms with van der Waals surface area (Å²) in [7, 11) is 0. The van der Waals surface area contributed by atoms with Crippen LogP contribution in [0.4, 0.5) is 4.79 Å². The molecule has 13 nitrogen and oxygen atoms in total. The molecule has 0 unspecified atom stereocenters. The van der Waals surface area contributed by atoms with Gasteiger partial charge in [-0.3, -0.25) is 9.59 Å². The number of unbranched alkanes of at least 4 members (excludes halogenated alkanes) is 2. The molecule has 3 amide bonds. The first-order chi connectivity index (χ1) is 21.0. The molecule has 0 aliphatic carbocycles. The highest BCUT2D eigenvalue weighted by Gasteiger charge is 2.21. The third-order valence-electron chi connectivity index (χ3n) is 6.37. The van der Waals surface area contributed by atoms with E-state index in [2.05, 4.69) is 25.6 Å². The number of carbonyl (C=O) groups excluding carboxylic acids is 3. The molecule has 4 rings (SSSR count). The van der Waals surface area contributed by atoms with Gasteiger partial charge in [-0.25, -0.2) is 24.1 Å². The molecule has 0 aliphatic heterocycles. The summed E-state index contributed by atoms with van der Waals surface area (Å²) in [6.45, 7) is 8.71. The molecule has 232 valence electrons. The summed E-state index contributed by atoms with van der Waals surface area (Å²) in [5.41, 5.74) is 5.89. The van der Waals surface area contributed by atoms with Crippen molar-refractivity contribution in [3.63, 3.8) is 0 Å². The maximum absolute atomic E-state index is 13.1. The van der Waals surface area contributed by atoms with Crippen LogP contribution in [-0.2, 0) is 4.74 Å². The van der Waals surface area contributed by atoms with E-state index in [-0.39, 0.29) is 28.6 Å². The van der Waals surface area contributed by atoms with E-state index in [9.17, 15) is 19.2 Å². The number of nitrogens with two attached hydrogens (primary N) is 1. The van der Waals surface area contributed by atoms with Crippen LogP contribution in [0.25, 0.3) is 28.2 Å². The van der Waals surface area contributed by atoms with Crippen molar-refractivity contribution < 1.29 is 23.9 Å². The second-order valence-corrected chi connectivity index (χ2v) is 11.0. The van der Waals surface area contributed by atoms with Crippen LogP contribution in [0.3, 0.4) is 0 Å². The van der Waals surface area contributed by atoms with Gasteiger partial charge in [-0.15, -0.1) is 0 Å². The second kappa shape index (κ2) is 13.8. The molecule has 2 aromatic carbocycles. The second-order valence-electron chi connectivity index (χ2n) is 11.0. The fraction of sp³-hybridized carbons (Fsp3) is 0.355. The van der Waals surface area contributed by atoms with Crippen molar-refractivity contribution >= 4 is 29.1 Å². The minimum Gasteiger partial charge on any atom is -0.494 e. The molecule has 0 aliphatic rings. The third-order valence-corrected chi connectivity index (χ3v) is 6.37. The largest absolute Gasteiger partial charge is 0.494 e. The molecule has 2 heterocycles. The fourth-order valence-corrected chi connectivity index (χ4v) is 4.42. The van der Waals surface area contributed by atoms with Crippen LogP contribution in [0.2, 0.25) is 0 Å². The van der Waals surface area contributed by atoms with Gasteiger partial charge in [0.1, 0.15) is 16.9 Å². The van der Waals surface area contributed by atoms with Crippen molar-refractivity contribution in [1.82, 2.24) is 30.2 Å². The van der Waals surface area contributed by atoms with Gasteiger partial charge in [0.2, 0.25) is 0 Å². The summed E-state index contributed by atoms with van der Waals surface area (Å²) in [5.74, 6) is -0.283. The van der Waals surface area contributed by atoms with Gasteiger partial charge in [0.15, 0.2) is 17.2 Å². The summed E-state index contributed by atoms with van der Waals surface area (Å²) >= 11 is 0. The fourth-order valence-electron chi connectivity index (χ4n) is 4.42. The van der Waals surface area contributed by atoms with Crippen molar-refractivity contribution in [3.8, 4) is 22.8 Å². The molecule has 0 spiro atoms. The van der Waals surface area contributed by atoms with E-state index >= 15 is 0 Å². The molecule has 2 aromatic heterocycles. The number of imidazole rings is 1. The highest BCUT2D eigenvalue weighted by molar-refractivity contribution is 6.02. The number of aromatic nitrogens is 4. The maximum Gasteiger partial charge on any atom is 0.407 e. The summed E-state index contributed by atoms with van der Waals surface area (Å²) in [5, 5.41) is 5.59. The number of carbonyl (C=O) groups is 3. The molecule has 0 bridgehead atoms. The molecule has 0 saturated carbocycles. The van der Waals surface area contributed by atoms with Gasteiger partial charge < -0.3 is 30.8 Å². The van der Waals surface area contributed by atoms with Gasteiger partial charge in [-0.1, -0.05) is 6.07 Å². The van der Waals surface area contributed by atoms with Crippen molar-refractivity contribution in [2.75, 3.05) is 19.7 Å². The molecular weight excluding hydrogens is 566 g/mol. The summed E-state index contributed by atoms with van der Waals surface area (Å²) < 4.78 is 12.0. The number of ether oxygens (including phenoxy) is 2. The number of hydrogen-bond donors (Lipinski definition) is 4. The number of fused-ring (bicyclic) bond motifs is 1. The van der Waals surface area contributed by atoms with Gasteiger partial charge in [0.25, 0.3) is 11.8 Å². The van der Waals surface area contributed by atoms with Crippen LogP contribution in [0.5, 0.6) is 5.75 Å². The number of nitrogens with zero attached hydrogens (tertiary/aromatic N) is 3. The molecule has 0 fully saturated rings. The smallest absolute Gasteiger partial charge is 0.407 e. The number of amides is 3. The van der Waals surface area contributed by atoms with Crippen molar-refractivity contribution in [2.45, 2.75) is 52.6 Å². The van der Waals surface area contributed by atoms with Gasteiger partial charge in [-0.05, 0) is 89.4 Å². The van der Waals surface area contributed by atoms with E-state index in [0.29, 0.717) is 48.7 Å².